The van der Waals surface area contributed by atoms with Gasteiger partial charge >= 0.3 is 0 Å². The first kappa shape index (κ1) is 12.9. The molecule has 0 aliphatic rings. The summed E-state index contributed by atoms with van der Waals surface area (Å²) in [6.07, 6.45) is 5.45. The summed E-state index contributed by atoms with van der Waals surface area (Å²) in [5, 5.41) is 20.9. The first-order chi connectivity index (χ1) is 6.31. The third kappa shape index (κ3) is 9.80. The standard InChI is InChI=1S/C10H23NO2/c1-2-3-4-5-6-10(13)9-11-7-8-12/h10-13H,2-9H2,1H3. The van der Waals surface area contributed by atoms with Gasteiger partial charge < -0.3 is 15.5 Å². The number of hydrogen-bond acceptors (Lipinski definition) is 3. The van der Waals surface area contributed by atoms with Crippen LogP contribution in [0.2, 0.25) is 0 Å². The summed E-state index contributed by atoms with van der Waals surface area (Å²) in [5.74, 6) is 0. The molecule has 0 fully saturated rings. The predicted octanol–water partition coefficient (Wildman–Crippen LogP) is 0.900. The van der Waals surface area contributed by atoms with Crippen molar-refractivity contribution in [1.82, 2.24) is 5.32 Å². The molecule has 0 heterocycles. The highest BCUT2D eigenvalue weighted by atomic mass is 16.3. The van der Waals surface area contributed by atoms with Crippen LogP contribution in [0, 0.1) is 0 Å². The lowest BCUT2D eigenvalue weighted by molar-refractivity contribution is 0.155. The predicted molar refractivity (Wildman–Crippen MR) is 54.7 cm³/mol. The third-order valence-electron chi connectivity index (χ3n) is 2.06. The van der Waals surface area contributed by atoms with Gasteiger partial charge in [-0.15, -0.1) is 0 Å². The highest BCUT2D eigenvalue weighted by molar-refractivity contribution is 4.59. The topological polar surface area (TPSA) is 52.5 Å². The molecule has 0 spiro atoms. The Labute approximate surface area is 81.2 Å². The lowest BCUT2D eigenvalue weighted by atomic mass is 10.1. The molecule has 0 saturated heterocycles. The van der Waals surface area contributed by atoms with Crippen molar-refractivity contribution in [2.75, 3.05) is 19.7 Å². The Morgan fingerprint density at radius 1 is 1.23 bits per heavy atom. The largest absolute Gasteiger partial charge is 0.395 e. The van der Waals surface area contributed by atoms with Crippen LogP contribution in [0.15, 0.2) is 0 Å². The van der Waals surface area contributed by atoms with Crippen molar-refractivity contribution in [2.24, 2.45) is 0 Å². The molecule has 0 aromatic rings. The maximum atomic E-state index is 9.43. The van der Waals surface area contributed by atoms with Gasteiger partial charge in [0.05, 0.1) is 12.7 Å². The molecule has 3 nitrogen and oxygen atoms in total. The van der Waals surface area contributed by atoms with E-state index >= 15 is 0 Å². The number of unbranched alkanes of at least 4 members (excludes halogenated alkanes) is 3. The summed E-state index contributed by atoms with van der Waals surface area (Å²) in [7, 11) is 0. The number of nitrogens with one attached hydrogen (secondary N) is 1. The van der Waals surface area contributed by atoms with E-state index in [1.807, 2.05) is 0 Å². The van der Waals surface area contributed by atoms with E-state index in [1.54, 1.807) is 0 Å². The molecule has 0 aliphatic carbocycles. The van der Waals surface area contributed by atoms with Gasteiger partial charge in [0.1, 0.15) is 0 Å². The van der Waals surface area contributed by atoms with Crippen LogP contribution in [0.5, 0.6) is 0 Å². The molecule has 3 N–H and O–H groups in total. The van der Waals surface area contributed by atoms with E-state index in [9.17, 15) is 5.11 Å². The van der Waals surface area contributed by atoms with Crippen LogP contribution in [0.3, 0.4) is 0 Å². The fourth-order valence-corrected chi connectivity index (χ4v) is 1.26. The van der Waals surface area contributed by atoms with Gasteiger partial charge in [-0.1, -0.05) is 32.6 Å². The zero-order chi connectivity index (χ0) is 9.94. The molecule has 0 saturated carbocycles. The van der Waals surface area contributed by atoms with Gasteiger partial charge in [0.15, 0.2) is 0 Å². The van der Waals surface area contributed by atoms with Crippen LogP contribution in [0.1, 0.15) is 39.0 Å². The first-order valence-electron chi connectivity index (χ1n) is 5.31. The van der Waals surface area contributed by atoms with Gasteiger partial charge in [-0.3, -0.25) is 0 Å². The Bertz CT molecular complexity index is 98.9. The smallest absolute Gasteiger partial charge is 0.0664 e. The molecule has 13 heavy (non-hydrogen) atoms. The summed E-state index contributed by atoms with van der Waals surface area (Å²) in [6.45, 7) is 3.50. The van der Waals surface area contributed by atoms with Crippen LogP contribution in [-0.2, 0) is 0 Å². The molecule has 0 aromatic carbocycles. The fourth-order valence-electron chi connectivity index (χ4n) is 1.26. The van der Waals surface area contributed by atoms with Crippen molar-refractivity contribution in [3.05, 3.63) is 0 Å². The molecule has 3 heteroatoms. The Hall–Kier alpha value is -0.120. The van der Waals surface area contributed by atoms with E-state index in [0.29, 0.717) is 13.1 Å². The Morgan fingerprint density at radius 2 is 2.00 bits per heavy atom. The normalized spacial score (nSPS) is 13.2. The molecule has 1 atom stereocenters. The summed E-state index contributed by atoms with van der Waals surface area (Å²) in [6, 6.07) is 0. The Morgan fingerprint density at radius 3 is 2.62 bits per heavy atom. The van der Waals surface area contributed by atoms with E-state index in [2.05, 4.69) is 12.2 Å². The van der Waals surface area contributed by atoms with Crippen LogP contribution >= 0.6 is 0 Å². The quantitative estimate of drug-likeness (QED) is 0.472. The third-order valence-corrected chi connectivity index (χ3v) is 2.06. The molecule has 0 rings (SSSR count). The zero-order valence-corrected chi connectivity index (χ0v) is 8.63. The molecule has 0 amide bonds. The molecule has 80 valence electrons. The van der Waals surface area contributed by atoms with Crippen molar-refractivity contribution in [3.8, 4) is 0 Å². The van der Waals surface area contributed by atoms with Crippen molar-refractivity contribution in [2.45, 2.75) is 45.1 Å². The van der Waals surface area contributed by atoms with Crippen molar-refractivity contribution in [1.29, 1.82) is 0 Å². The van der Waals surface area contributed by atoms with Crippen LogP contribution < -0.4 is 5.32 Å². The highest BCUT2D eigenvalue weighted by Gasteiger charge is 2.01. The minimum Gasteiger partial charge on any atom is -0.395 e. The van der Waals surface area contributed by atoms with Gasteiger partial charge in [0, 0.05) is 13.1 Å². The van der Waals surface area contributed by atoms with Crippen LogP contribution in [0.25, 0.3) is 0 Å². The average Bonchev–Trinajstić information content (AvgIpc) is 2.13. The first-order valence-corrected chi connectivity index (χ1v) is 5.31. The maximum Gasteiger partial charge on any atom is 0.0664 e. The second-order valence-electron chi connectivity index (χ2n) is 3.43. The molecule has 1 unspecified atom stereocenters. The second-order valence-corrected chi connectivity index (χ2v) is 3.43. The molecule has 0 bridgehead atoms. The van der Waals surface area contributed by atoms with E-state index in [4.69, 9.17) is 5.11 Å². The minimum atomic E-state index is -0.247. The summed E-state index contributed by atoms with van der Waals surface area (Å²) in [4.78, 5) is 0. The molecule has 0 radical (unpaired) electrons. The van der Waals surface area contributed by atoms with E-state index in [-0.39, 0.29) is 12.7 Å². The molecule has 0 aromatic heterocycles. The number of rotatable bonds is 9. The van der Waals surface area contributed by atoms with E-state index in [1.165, 1.54) is 19.3 Å². The summed E-state index contributed by atoms with van der Waals surface area (Å²) in [5.41, 5.74) is 0. The van der Waals surface area contributed by atoms with Gasteiger partial charge in [0.2, 0.25) is 0 Å². The van der Waals surface area contributed by atoms with E-state index in [0.717, 1.165) is 12.8 Å². The van der Waals surface area contributed by atoms with E-state index < -0.39 is 0 Å². The summed E-state index contributed by atoms with van der Waals surface area (Å²) >= 11 is 0. The van der Waals surface area contributed by atoms with Crippen molar-refractivity contribution >= 4 is 0 Å². The van der Waals surface area contributed by atoms with Gasteiger partial charge in [-0.05, 0) is 6.42 Å². The highest BCUT2D eigenvalue weighted by Crippen LogP contribution is 2.04. The van der Waals surface area contributed by atoms with Gasteiger partial charge in [-0.25, -0.2) is 0 Å². The summed E-state index contributed by atoms with van der Waals surface area (Å²) < 4.78 is 0. The van der Waals surface area contributed by atoms with Crippen LogP contribution in [0.4, 0.5) is 0 Å². The lowest BCUT2D eigenvalue weighted by Crippen LogP contribution is -2.28. The number of aliphatic hydroxyl groups excluding tert-OH is 2. The second kappa shape index (κ2) is 9.96. The van der Waals surface area contributed by atoms with Gasteiger partial charge in [-0.2, -0.15) is 0 Å². The number of hydrogen-bond donors (Lipinski definition) is 3. The monoisotopic (exact) mass is 189 g/mol. The molecular weight excluding hydrogens is 166 g/mol. The fraction of sp³-hybridized carbons (Fsp3) is 1.00. The number of aliphatic hydroxyl groups is 2. The zero-order valence-electron chi connectivity index (χ0n) is 8.63. The lowest BCUT2D eigenvalue weighted by Gasteiger charge is -2.10. The molecule has 0 aliphatic heterocycles. The van der Waals surface area contributed by atoms with Crippen LogP contribution in [-0.4, -0.2) is 36.0 Å². The van der Waals surface area contributed by atoms with Gasteiger partial charge in [0.25, 0.3) is 0 Å². The maximum absolute atomic E-state index is 9.43. The minimum absolute atomic E-state index is 0.141. The average molecular weight is 189 g/mol. The molecular formula is C10H23NO2. The Kier molecular flexibility index (Phi) is 9.87. The van der Waals surface area contributed by atoms with Crippen molar-refractivity contribution in [3.63, 3.8) is 0 Å². The Balaban J connectivity index is 3.05. The SMILES string of the molecule is CCCCCCC(O)CNCCO. The van der Waals surface area contributed by atoms with Crippen molar-refractivity contribution < 1.29 is 10.2 Å².